The molecule has 2 saturated heterocycles. The van der Waals surface area contributed by atoms with Crippen LogP contribution >= 0.6 is 34.8 Å². The SMILES string of the molecule is O=C(OCC(Cl)(Cl)Cl)N1C[C@H]2CNC[C@H]2C1. The lowest BCUT2D eigenvalue weighted by Gasteiger charge is -2.19. The number of ether oxygens (including phenoxy) is 1. The van der Waals surface area contributed by atoms with E-state index >= 15 is 0 Å². The predicted molar refractivity (Wildman–Crippen MR) is 63.1 cm³/mol. The van der Waals surface area contributed by atoms with E-state index in [-0.39, 0.29) is 12.7 Å². The maximum Gasteiger partial charge on any atom is 0.409 e. The first-order valence-corrected chi connectivity index (χ1v) is 6.28. The molecule has 2 rings (SSSR count). The van der Waals surface area contributed by atoms with Crippen LogP contribution in [0, 0.1) is 11.8 Å². The smallest absolute Gasteiger partial charge is 0.409 e. The quantitative estimate of drug-likeness (QED) is 0.746. The topological polar surface area (TPSA) is 41.6 Å². The zero-order chi connectivity index (χ0) is 11.8. The van der Waals surface area contributed by atoms with Crippen molar-refractivity contribution in [2.24, 2.45) is 11.8 Å². The molecule has 0 radical (unpaired) electrons. The molecule has 0 aromatic heterocycles. The maximum absolute atomic E-state index is 11.6. The van der Waals surface area contributed by atoms with E-state index in [2.05, 4.69) is 5.32 Å². The second-order valence-electron chi connectivity index (χ2n) is 4.25. The highest BCUT2D eigenvalue weighted by Crippen LogP contribution is 2.29. The summed E-state index contributed by atoms with van der Waals surface area (Å²) in [4.78, 5) is 13.3. The molecule has 2 heterocycles. The van der Waals surface area contributed by atoms with Gasteiger partial charge in [-0.05, 0) is 11.8 Å². The van der Waals surface area contributed by atoms with Crippen LogP contribution in [-0.2, 0) is 4.74 Å². The Labute approximate surface area is 109 Å². The number of nitrogens with one attached hydrogen (secondary N) is 1. The first-order chi connectivity index (χ1) is 7.46. The van der Waals surface area contributed by atoms with Crippen LogP contribution in [0.4, 0.5) is 4.79 Å². The summed E-state index contributed by atoms with van der Waals surface area (Å²) in [6.07, 6.45) is -0.388. The highest BCUT2D eigenvalue weighted by Gasteiger charge is 2.39. The number of amides is 1. The van der Waals surface area contributed by atoms with E-state index in [0.29, 0.717) is 11.8 Å². The van der Waals surface area contributed by atoms with Crippen LogP contribution in [0.2, 0.25) is 0 Å². The molecule has 0 aromatic rings. The Morgan fingerprint density at radius 3 is 2.38 bits per heavy atom. The number of rotatable bonds is 1. The Balaban J connectivity index is 1.79. The van der Waals surface area contributed by atoms with Gasteiger partial charge in [-0.25, -0.2) is 4.79 Å². The van der Waals surface area contributed by atoms with E-state index in [1.54, 1.807) is 4.90 Å². The average molecular weight is 288 g/mol. The summed E-state index contributed by atoms with van der Waals surface area (Å²) in [6.45, 7) is 3.20. The van der Waals surface area contributed by atoms with Gasteiger partial charge in [-0.2, -0.15) is 0 Å². The van der Waals surface area contributed by atoms with Gasteiger partial charge in [0.05, 0.1) is 0 Å². The number of hydrogen-bond acceptors (Lipinski definition) is 3. The largest absolute Gasteiger partial charge is 0.445 e. The van der Waals surface area contributed by atoms with Gasteiger partial charge in [-0.1, -0.05) is 34.8 Å². The van der Waals surface area contributed by atoms with Crippen molar-refractivity contribution in [3.05, 3.63) is 0 Å². The van der Waals surface area contributed by atoms with Gasteiger partial charge < -0.3 is 15.0 Å². The van der Waals surface area contributed by atoms with Crippen LogP contribution in [0.25, 0.3) is 0 Å². The molecule has 2 atom stereocenters. The van der Waals surface area contributed by atoms with Gasteiger partial charge >= 0.3 is 6.09 Å². The fourth-order valence-corrected chi connectivity index (χ4v) is 2.40. The summed E-state index contributed by atoms with van der Waals surface area (Å²) < 4.78 is 3.39. The molecule has 1 N–H and O–H groups in total. The fraction of sp³-hybridized carbons (Fsp3) is 0.889. The lowest BCUT2D eigenvalue weighted by Crippen LogP contribution is -2.34. The molecular formula is C9H13Cl3N2O2. The summed E-state index contributed by atoms with van der Waals surface area (Å²) in [6, 6.07) is 0. The molecule has 0 unspecified atom stereocenters. The number of carbonyl (C=O) groups excluding carboxylic acids is 1. The molecule has 4 nitrogen and oxygen atoms in total. The molecule has 0 saturated carbocycles. The summed E-state index contributed by atoms with van der Waals surface area (Å²) in [5.41, 5.74) is 0. The van der Waals surface area contributed by atoms with Gasteiger partial charge in [0.15, 0.2) is 0 Å². The monoisotopic (exact) mass is 286 g/mol. The molecule has 0 spiro atoms. The minimum absolute atomic E-state index is 0.208. The van der Waals surface area contributed by atoms with Crippen LogP contribution in [0.3, 0.4) is 0 Å². The first-order valence-electron chi connectivity index (χ1n) is 5.15. The highest BCUT2D eigenvalue weighted by atomic mass is 35.6. The van der Waals surface area contributed by atoms with Crippen molar-refractivity contribution in [2.45, 2.75) is 3.79 Å². The Bertz CT molecular complexity index is 270. The first kappa shape index (κ1) is 12.6. The molecule has 2 aliphatic heterocycles. The van der Waals surface area contributed by atoms with Crippen LogP contribution in [0.1, 0.15) is 0 Å². The van der Waals surface area contributed by atoms with E-state index in [0.717, 1.165) is 26.2 Å². The van der Waals surface area contributed by atoms with Crippen molar-refractivity contribution >= 4 is 40.9 Å². The Morgan fingerprint density at radius 2 is 1.88 bits per heavy atom. The Morgan fingerprint density at radius 1 is 1.31 bits per heavy atom. The van der Waals surface area contributed by atoms with Crippen molar-refractivity contribution in [1.82, 2.24) is 10.2 Å². The van der Waals surface area contributed by atoms with Crippen LogP contribution < -0.4 is 5.32 Å². The van der Waals surface area contributed by atoms with E-state index < -0.39 is 3.79 Å². The summed E-state index contributed by atoms with van der Waals surface area (Å²) in [5.74, 6) is 1.08. The zero-order valence-electron chi connectivity index (χ0n) is 8.59. The zero-order valence-corrected chi connectivity index (χ0v) is 10.9. The average Bonchev–Trinajstić information content (AvgIpc) is 2.71. The van der Waals surface area contributed by atoms with Gasteiger partial charge in [0.25, 0.3) is 0 Å². The van der Waals surface area contributed by atoms with E-state index in [4.69, 9.17) is 39.5 Å². The van der Waals surface area contributed by atoms with Crippen molar-refractivity contribution < 1.29 is 9.53 Å². The maximum atomic E-state index is 11.6. The van der Waals surface area contributed by atoms with Crippen molar-refractivity contribution in [2.75, 3.05) is 32.8 Å². The van der Waals surface area contributed by atoms with Crippen LogP contribution in [-0.4, -0.2) is 47.6 Å². The van der Waals surface area contributed by atoms with E-state index in [1.807, 2.05) is 0 Å². The number of nitrogens with zero attached hydrogens (tertiary/aromatic N) is 1. The van der Waals surface area contributed by atoms with Gasteiger partial charge in [0.1, 0.15) is 6.61 Å². The van der Waals surface area contributed by atoms with Gasteiger partial charge in [-0.3, -0.25) is 0 Å². The second-order valence-corrected chi connectivity index (χ2v) is 6.77. The summed E-state index contributed by atoms with van der Waals surface area (Å²) in [7, 11) is 0. The standard InChI is InChI=1S/C9H13Cl3N2O2/c10-9(11,12)5-16-8(15)14-3-6-1-13-2-7(6)4-14/h6-7,13H,1-5H2/t6-,7+. The molecule has 1 amide bonds. The third-order valence-corrected chi connectivity index (χ3v) is 3.33. The molecule has 0 bridgehead atoms. The summed E-state index contributed by atoms with van der Waals surface area (Å²) >= 11 is 16.5. The minimum atomic E-state index is -1.53. The number of hydrogen-bond donors (Lipinski definition) is 1. The van der Waals surface area contributed by atoms with Gasteiger partial charge in [0.2, 0.25) is 3.79 Å². The third kappa shape index (κ3) is 3.06. The molecular weight excluding hydrogens is 274 g/mol. The number of alkyl halides is 3. The number of fused-ring (bicyclic) bond motifs is 1. The molecule has 16 heavy (non-hydrogen) atoms. The highest BCUT2D eigenvalue weighted by molar-refractivity contribution is 6.67. The predicted octanol–water partition coefficient (Wildman–Crippen LogP) is 1.64. The lowest BCUT2D eigenvalue weighted by atomic mass is 10.0. The molecule has 0 aromatic carbocycles. The molecule has 0 aliphatic carbocycles. The molecule has 2 fully saturated rings. The summed E-state index contributed by atoms with van der Waals surface area (Å²) in [5, 5.41) is 3.30. The number of carbonyl (C=O) groups is 1. The normalized spacial score (nSPS) is 29.3. The Kier molecular flexibility index (Phi) is 3.74. The van der Waals surface area contributed by atoms with Crippen molar-refractivity contribution in [3.63, 3.8) is 0 Å². The lowest BCUT2D eigenvalue weighted by molar-refractivity contribution is 0.110. The van der Waals surface area contributed by atoms with Gasteiger partial charge in [-0.15, -0.1) is 0 Å². The van der Waals surface area contributed by atoms with Gasteiger partial charge in [0, 0.05) is 26.2 Å². The minimum Gasteiger partial charge on any atom is -0.445 e. The number of likely N-dealkylation sites (tertiary alicyclic amines) is 1. The molecule has 7 heteroatoms. The fourth-order valence-electron chi connectivity index (χ4n) is 2.24. The molecule has 92 valence electrons. The van der Waals surface area contributed by atoms with Crippen LogP contribution in [0.15, 0.2) is 0 Å². The molecule has 2 aliphatic rings. The van der Waals surface area contributed by atoms with Crippen molar-refractivity contribution in [1.29, 1.82) is 0 Å². The third-order valence-electron chi connectivity index (χ3n) is 3.01. The Hall–Kier alpha value is 0.1000. The van der Waals surface area contributed by atoms with E-state index in [1.165, 1.54) is 0 Å². The second kappa shape index (κ2) is 4.77. The van der Waals surface area contributed by atoms with Crippen LogP contribution in [0.5, 0.6) is 0 Å². The van der Waals surface area contributed by atoms with E-state index in [9.17, 15) is 4.79 Å². The van der Waals surface area contributed by atoms with Crippen molar-refractivity contribution in [3.8, 4) is 0 Å². The number of halogens is 3.